The van der Waals surface area contributed by atoms with E-state index in [0.717, 1.165) is 6.54 Å². The van der Waals surface area contributed by atoms with Gasteiger partial charge in [-0.1, -0.05) is 27.7 Å². The van der Waals surface area contributed by atoms with Crippen LogP contribution in [0.4, 0.5) is 0 Å². The highest BCUT2D eigenvalue weighted by Gasteiger charge is 2.21. The monoisotopic (exact) mass is 199 g/mol. The van der Waals surface area contributed by atoms with Gasteiger partial charge in [-0.25, -0.2) is 0 Å². The minimum Gasteiger partial charge on any atom is -0.307 e. The third-order valence-corrected chi connectivity index (χ3v) is 2.19. The van der Waals surface area contributed by atoms with Crippen molar-refractivity contribution in [2.75, 3.05) is 6.54 Å². The van der Waals surface area contributed by atoms with Gasteiger partial charge < -0.3 is 5.32 Å². The average molecular weight is 199 g/mol. The molecule has 0 spiro atoms. The second kappa shape index (κ2) is 6.71. The number of Topliss-reactive ketones (excluding diaryl/α,β-unsaturated/α-hetero) is 2. The van der Waals surface area contributed by atoms with Gasteiger partial charge in [-0.3, -0.25) is 9.59 Å². The van der Waals surface area contributed by atoms with Gasteiger partial charge >= 0.3 is 0 Å². The fourth-order valence-electron chi connectivity index (χ4n) is 1.29. The Hall–Kier alpha value is -0.700. The fraction of sp³-hybridized carbons (Fsp3) is 0.818. The number of rotatable bonds is 7. The summed E-state index contributed by atoms with van der Waals surface area (Å²) in [6.45, 7) is 8.22. The molecular formula is C11H21NO2. The summed E-state index contributed by atoms with van der Waals surface area (Å²) in [5, 5.41) is 3.06. The van der Waals surface area contributed by atoms with E-state index in [1.54, 1.807) is 0 Å². The molecule has 0 aliphatic rings. The fourth-order valence-corrected chi connectivity index (χ4v) is 1.29. The highest BCUT2D eigenvalue weighted by molar-refractivity contribution is 5.91. The Balaban J connectivity index is 4.28. The first-order chi connectivity index (χ1) is 6.52. The first-order valence-corrected chi connectivity index (χ1v) is 5.31. The van der Waals surface area contributed by atoms with Crippen LogP contribution in [-0.2, 0) is 9.59 Å². The molecule has 0 fully saturated rings. The molecule has 0 aromatic rings. The molecule has 0 bridgehead atoms. The zero-order valence-electron chi connectivity index (χ0n) is 9.59. The van der Waals surface area contributed by atoms with Gasteiger partial charge in [0.2, 0.25) is 0 Å². The van der Waals surface area contributed by atoms with Crippen molar-refractivity contribution in [2.24, 2.45) is 5.92 Å². The van der Waals surface area contributed by atoms with Crippen molar-refractivity contribution >= 4 is 11.6 Å². The molecule has 82 valence electrons. The summed E-state index contributed by atoms with van der Waals surface area (Å²) in [5.41, 5.74) is 0. The summed E-state index contributed by atoms with van der Waals surface area (Å²) in [6, 6.07) is -0.285. The molecule has 14 heavy (non-hydrogen) atoms. The minimum atomic E-state index is -0.285. The molecule has 0 aromatic heterocycles. The Kier molecular flexibility index (Phi) is 6.37. The van der Waals surface area contributed by atoms with Crippen LogP contribution in [0.3, 0.4) is 0 Å². The van der Waals surface area contributed by atoms with Crippen LogP contribution in [0.2, 0.25) is 0 Å². The number of ketones is 2. The van der Waals surface area contributed by atoms with Gasteiger partial charge in [-0.15, -0.1) is 0 Å². The molecule has 0 amide bonds. The molecule has 0 aliphatic carbocycles. The number of hydrogen-bond donors (Lipinski definition) is 1. The molecular weight excluding hydrogens is 178 g/mol. The van der Waals surface area contributed by atoms with E-state index < -0.39 is 0 Å². The molecule has 0 heterocycles. The highest BCUT2D eigenvalue weighted by Crippen LogP contribution is 2.05. The highest BCUT2D eigenvalue weighted by atomic mass is 16.1. The number of likely N-dealkylation sites (N-methyl/N-ethyl adjacent to an activating group) is 1. The molecule has 0 aliphatic heterocycles. The second-order valence-corrected chi connectivity index (χ2v) is 3.76. The Morgan fingerprint density at radius 1 is 1.21 bits per heavy atom. The second-order valence-electron chi connectivity index (χ2n) is 3.76. The summed E-state index contributed by atoms with van der Waals surface area (Å²) in [6.07, 6.45) is 0.842. The van der Waals surface area contributed by atoms with Crippen molar-refractivity contribution in [3.63, 3.8) is 0 Å². The predicted molar refractivity (Wildman–Crippen MR) is 57.2 cm³/mol. The Morgan fingerprint density at radius 3 is 2.14 bits per heavy atom. The lowest BCUT2D eigenvalue weighted by atomic mass is 9.97. The summed E-state index contributed by atoms with van der Waals surface area (Å²) in [5.74, 6) is 0.266. The molecule has 0 saturated carbocycles. The SMILES string of the molecule is CCN[C@@H](CC(=O)CC)C(=O)C(C)C. The Bertz CT molecular complexity index is 199. The van der Waals surface area contributed by atoms with E-state index in [1.807, 2.05) is 27.7 Å². The standard InChI is InChI=1S/C11H21NO2/c1-5-9(13)7-10(12-6-2)11(14)8(3)4/h8,10,12H,5-7H2,1-4H3/t10-/m0/s1. The zero-order chi connectivity index (χ0) is 11.1. The zero-order valence-corrected chi connectivity index (χ0v) is 9.59. The largest absolute Gasteiger partial charge is 0.307 e. The van der Waals surface area contributed by atoms with E-state index in [-0.39, 0.29) is 23.5 Å². The predicted octanol–water partition coefficient (Wildman–Crippen LogP) is 1.56. The number of carbonyl (C=O) groups excluding carboxylic acids is 2. The summed E-state index contributed by atoms with van der Waals surface area (Å²) in [7, 11) is 0. The molecule has 0 unspecified atom stereocenters. The van der Waals surface area contributed by atoms with Gasteiger partial charge in [-0.05, 0) is 6.54 Å². The number of carbonyl (C=O) groups is 2. The molecule has 0 rings (SSSR count). The Morgan fingerprint density at radius 2 is 1.79 bits per heavy atom. The minimum absolute atomic E-state index is 0.0105. The van der Waals surface area contributed by atoms with Gasteiger partial charge in [0.1, 0.15) is 5.78 Å². The van der Waals surface area contributed by atoms with Crippen LogP contribution in [0.25, 0.3) is 0 Å². The van der Waals surface area contributed by atoms with E-state index in [2.05, 4.69) is 5.32 Å². The van der Waals surface area contributed by atoms with Crippen molar-refractivity contribution in [3.05, 3.63) is 0 Å². The molecule has 0 radical (unpaired) electrons. The van der Waals surface area contributed by atoms with Crippen molar-refractivity contribution < 1.29 is 9.59 Å². The Labute approximate surface area is 86.3 Å². The van der Waals surface area contributed by atoms with Crippen LogP contribution in [0.15, 0.2) is 0 Å². The smallest absolute Gasteiger partial charge is 0.152 e. The van der Waals surface area contributed by atoms with Gasteiger partial charge in [0, 0.05) is 18.8 Å². The third-order valence-electron chi connectivity index (χ3n) is 2.19. The molecule has 1 N–H and O–H groups in total. The quantitative estimate of drug-likeness (QED) is 0.677. The van der Waals surface area contributed by atoms with Crippen LogP contribution in [0.5, 0.6) is 0 Å². The molecule has 0 saturated heterocycles. The number of hydrogen-bond acceptors (Lipinski definition) is 3. The van der Waals surface area contributed by atoms with Crippen molar-refractivity contribution in [3.8, 4) is 0 Å². The van der Waals surface area contributed by atoms with Crippen molar-refractivity contribution in [2.45, 2.75) is 46.6 Å². The van der Waals surface area contributed by atoms with Crippen molar-refractivity contribution in [1.29, 1.82) is 0 Å². The first kappa shape index (κ1) is 13.3. The van der Waals surface area contributed by atoms with E-state index in [1.165, 1.54) is 0 Å². The average Bonchev–Trinajstić information content (AvgIpc) is 2.15. The molecule has 3 heteroatoms. The van der Waals surface area contributed by atoms with Gasteiger partial charge in [0.25, 0.3) is 0 Å². The van der Waals surface area contributed by atoms with Crippen LogP contribution < -0.4 is 5.32 Å². The first-order valence-electron chi connectivity index (χ1n) is 5.31. The topological polar surface area (TPSA) is 46.2 Å². The van der Waals surface area contributed by atoms with Gasteiger partial charge in [0.05, 0.1) is 6.04 Å². The summed E-state index contributed by atoms with van der Waals surface area (Å²) >= 11 is 0. The van der Waals surface area contributed by atoms with Crippen LogP contribution in [0.1, 0.15) is 40.5 Å². The lowest BCUT2D eigenvalue weighted by Gasteiger charge is -2.17. The van der Waals surface area contributed by atoms with Crippen LogP contribution in [-0.4, -0.2) is 24.2 Å². The third kappa shape index (κ3) is 4.51. The maximum atomic E-state index is 11.7. The summed E-state index contributed by atoms with van der Waals surface area (Å²) < 4.78 is 0. The lowest BCUT2D eigenvalue weighted by Crippen LogP contribution is -2.40. The maximum Gasteiger partial charge on any atom is 0.152 e. The van der Waals surface area contributed by atoms with E-state index >= 15 is 0 Å². The lowest BCUT2D eigenvalue weighted by molar-refractivity contribution is -0.127. The molecule has 3 nitrogen and oxygen atoms in total. The van der Waals surface area contributed by atoms with E-state index in [4.69, 9.17) is 0 Å². The molecule has 1 atom stereocenters. The summed E-state index contributed by atoms with van der Waals surface area (Å²) in [4.78, 5) is 22.9. The van der Waals surface area contributed by atoms with Crippen molar-refractivity contribution in [1.82, 2.24) is 5.32 Å². The normalized spacial score (nSPS) is 12.9. The van der Waals surface area contributed by atoms with Gasteiger partial charge in [0.15, 0.2) is 5.78 Å². The molecule has 0 aromatic carbocycles. The van der Waals surface area contributed by atoms with Crippen LogP contribution in [0, 0.1) is 5.92 Å². The van der Waals surface area contributed by atoms with Gasteiger partial charge in [-0.2, -0.15) is 0 Å². The van der Waals surface area contributed by atoms with E-state index in [9.17, 15) is 9.59 Å². The van der Waals surface area contributed by atoms with E-state index in [0.29, 0.717) is 12.8 Å². The maximum absolute atomic E-state index is 11.7. The number of nitrogens with one attached hydrogen (secondary N) is 1. The van der Waals surface area contributed by atoms with Crippen LogP contribution >= 0.6 is 0 Å².